The predicted octanol–water partition coefficient (Wildman–Crippen LogP) is 19.8. The monoisotopic (exact) mass is 986 g/mol. The van der Waals surface area contributed by atoms with Gasteiger partial charge < -0.3 is 20.3 Å². The smallest absolute Gasteiger partial charge is 0.305 e. The Kier molecular flexibility index (Phi) is 58.5. The molecule has 6 heteroatoms. The average molecular weight is 987 g/mol. The summed E-state index contributed by atoms with van der Waals surface area (Å²) in [5.41, 5.74) is 0. The summed E-state index contributed by atoms with van der Waals surface area (Å²) in [6.07, 6.45) is 73.5. The van der Waals surface area contributed by atoms with Crippen LogP contribution in [0.25, 0.3) is 0 Å². The van der Waals surface area contributed by atoms with Gasteiger partial charge in [-0.15, -0.1) is 0 Å². The molecule has 0 saturated heterocycles. The van der Waals surface area contributed by atoms with Crippen LogP contribution in [0.4, 0.5) is 0 Å². The minimum absolute atomic E-state index is 0.0317. The third-order valence-corrected chi connectivity index (χ3v) is 14.8. The number of amides is 1. The lowest BCUT2D eigenvalue weighted by Gasteiger charge is -2.22. The summed E-state index contributed by atoms with van der Waals surface area (Å²) < 4.78 is 5.42. The van der Waals surface area contributed by atoms with Crippen molar-refractivity contribution in [3.8, 4) is 0 Å². The number of rotatable bonds is 59. The first-order valence-corrected chi connectivity index (χ1v) is 31.6. The van der Waals surface area contributed by atoms with Crippen LogP contribution >= 0.6 is 0 Å². The van der Waals surface area contributed by atoms with Crippen LogP contribution in [0.3, 0.4) is 0 Å². The first kappa shape index (κ1) is 68.3. The maximum absolute atomic E-state index is 12.5. The van der Waals surface area contributed by atoms with Gasteiger partial charge in [-0.1, -0.05) is 314 Å². The van der Waals surface area contributed by atoms with E-state index in [0.29, 0.717) is 25.9 Å². The van der Waals surface area contributed by atoms with Crippen molar-refractivity contribution >= 4 is 11.9 Å². The van der Waals surface area contributed by atoms with Gasteiger partial charge in [0.05, 0.1) is 25.4 Å². The molecule has 0 heterocycles. The highest BCUT2D eigenvalue weighted by Crippen LogP contribution is 2.18. The van der Waals surface area contributed by atoms with E-state index in [1.807, 2.05) is 0 Å². The Morgan fingerprint density at radius 1 is 0.400 bits per heavy atom. The number of hydrogen-bond donors (Lipinski definition) is 3. The van der Waals surface area contributed by atoms with Gasteiger partial charge >= 0.3 is 5.97 Å². The van der Waals surface area contributed by atoms with E-state index in [2.05, 4.69) is 43.5 Å². The molecule has 0 aliphatic rings. The zero-order valence-corrected chi connectivity index (χ0v) is 47.3. The summed E-state index contributed by atoms with van der Waals surface area (Å²) in [4.78, 5) is 24.5. The molecule has 2 atom stereocenters. The highest BCUT2D eigenvalue weighted by atomic mass is 16.5. The molecule has 70 heavy (non-hydrogen) atoms. The highest BCUT2D eigenvalue weighted by Gasteiger charge is 2.20. The molecular formula is C64H123NO5. The lowest BCUT2D eigenvalue weighted by molar-refractivity contribution is -0.143. The number of ether oxygens (including phenoxy) is 1. The van der Waals surface area contributed by atoms with Crippen molar-refractivity contribution in [2.24, 2.45) is 0 Å². The van der Waals surface area contributed by atoms with Crippen LogP contribution in [0.1, 0.15) is 348 Å². The van der Waals surface area contributed by atoms with Crippen LogP contribution in [-0.2, 0) is 14.3 Å². The summed E-state index contributed by atoms with van der Waals surface area (Å²) in [6.45, 7) is 4.87. The van der Waals surface area contributed by atoms with Crippen LogP contribution < -0.4 is 5.32 Å². The van der Waals surface area contributed by atoms with Crippen molar-refractivity contribution in [2.75, 3.05) is 13.2 Å². The molecule has 0 saturated carbocycles. The molecule has 0 aliphatic heterocycles. The molecule has 0 aromatic carbocycles. The first-order valence-electron chi connectivity index (χ1n) is 31.6. The van der Waals surface area contributed by atoms with Crippen molar-refractivity contribution in [2.45, 2.75) is 360 Å². The van der Waals surface area contributed by atoms with Gasteiger partial charge in [-0.3, -0.25) is 9.59 Å². The summed E-state index contributed by atoms with van der Waals surface area (Å²) in [6, 6.07) is -0.545. The number of aliphatic hydroxyl groups excluding tert-OH is 2. The third kappa shape index (κ3) is 55.7. The summed E-state index contributed by atoms with van der Waals surface area (Å²) in [7, 11) is 0. The molecule has 0 bridgehead atoms. The van der Waals surface area contributed by atoms with E-state index in [9.17, 15) is 19.8 Å². The van der Waals surface area contributed by atoms with Crippen molar-refractivity contribution in [1.29, 1.82) is 0 Å². The maximum Gasteiger partial charge on any atom is 0.305 e. The Hall–Kier alpha value is -1.66. The van der Waals surface area contributed by atoms with E-state index in [1.54, 1.807) is 0 Å². The van der Waals surface area contributed by atoms with Crippen LogP contribution in [0.5, 0.6) is 0 Å². The van der Waals surface area contributed by atoms with Gasteiger partial charge in [-0.05, 0) is 44.9 Å². The number of hydrogen-bond acceptors (Lipinski definition) is 5. The molecule has 0 fully saturated rings. The molecule has 3 N–H and O–H groups in total. The van der Waals surface area contributed by atoms with Gasteiger partial charge in [-0.2, -0.15) is 0 Å². The quantitative estimate of drug-likeness (QED) is 0.0321. The number of esters is 1. The van der Waals surface area contributed by atoms with E-state index < -0.39 is 12.1 Å². The zero-order chi connectivity index (χ0) is 50.7. The molecule has 0 aliphatic carbocycles. The zero-order valence-electron chi connectivity index (χ0n) is 47.3. The Bertz CT molecular complexity index is 1090. The molecule has 0 radical (unpaired) electrons. The normalized spacial score (nSPS) is 12.7. The fraction of sp³-hybridized carbons (Fsp3) is 0.906. The van der Waals surface area contributed by atoms with Crippen molar-refractivity contribution in [3.63, 3.8) is 0 Å². The number of allylic oxidation sites excluding steroid dienone is 3. The van der Waals surface area contributed by atoms with Crippen molar-refractivity contribution in [1.82, 2.24) is 5.32 Å². The van der Waals surface area contributed by atoms with Crippen LogP contribution in [0.15, 0.2) is 24.3 Å². The Labute approximate surface area is 437 Å². The van der Waals surface area contributed by atoms with Crippen LogP contribution in [-0.4, -0.2) is 47.4 Å². The highest BCUT2D eigenvalue weighted by molar-refractivity contribution is 5.76. The minimum Gasteiger partial charge on any atom is -0.465 e. The Balaban J connectivity index is 3.44. The molecule has 0 aromatic rings. The van der Waals surface area contributed by atoms with Crippen molar-refractivity contribution < 1.29 is 24.5 Å². The van der Waals surface area contributed by atoms with E-state index in [1.165, 1.54) is 263 Å². The fourth-order valence-corrected chi connectivity index (χ4v) is 9.95. The summed E-state index contributed by atoms with van der Waals surface area (Å²) in [5.74, 6) is -0.0687. The van der Waals surface area contributed by atoms with Gasteiger partial charge in [0.2, 0.25) is 5.91 Å². The average Bonchev–Trinajstić information content (AvgIpc) is 3.36. The summed E-state index contributed by atoms with van der Waals surface area (Å²) in [5, 5.41) is 23.3. The largest absolute Gasteiger partial charge is 0.465 e. The number of unbranched alkanes of at least 4 members (excludes halogenated alkanes) is 44. The topological polar surface area (TPSA) is 95.9 Å². The molecule has 0 rings (SSSR count). The second kappa shape index (κ2) is 59.9. The molecule has 1 amide bonds. The lowest BCUT2D eigenvalue weighted by atomic mass is 10.0. The Morgan fingerprint density at radius 2 is 0.714 bits per heavy atom. The second-order valence-electron chi connectivity index (χ2n) is 21.7. The van der Waals surface area contributed by atoms with Crippen LogP contribution in [0, 0.1) is 0 Å². The van der Waals surface area contributed by atoms with E-state index in [-0.39, 0.29) is 18.5 Å². The molecule has 2 unspecified atom stereocenters. The molecule has 0 aromatic heterocycles. The molecule has 6 nitrogen and oxygen atoms in total. The second-order valence-corrected chi connectivity index (χ2v) is 21.7. The summed E-state index contributed by atoms with van der Waals surface area (Å²) >= 11 is 0. The molecule has 414 valence electrons. The predicted molar refractivity (Wildman–Crippen MR) is 306 cm³/mol. The molecule has 0 spiro atoms. The SMILES string of the molecule is CCCCCCCCCCCCCCCCCCCC(O)C(CO)NC(=O)CCCCCCCCCCCCCCCC/C=C\C/C=C\CCOC(=O)CCCCCCCCCCCCCCCCC. The molecular weight excluding hydrogens is 863 g/mol. The number of aliphatic hydroxyl groups is 2. The van der Waals surface area contributed by atoms with Crippen LogP contribution in [0.2, 0.25) is 0 Å². The fourth-order valence-electron chi connectivity index (χ4n) is 9.95. The first-order chi connectivity index (χ1) is 34.5. The number of nitrogens with one attached hydrogen (secondary N) is 1. The Morgan fingerprint density at radius 3 is 1.09 bits per heavy atom. The van der Waals surface area contributed by atoms with Gasteiger partial charge in [0.25, 0.3) is 0 Å². The van der Waals surface area contributed by atoms with Crippen molar-refractivity contribution in [3.05, 3.63) is 24.3 Å². The standard InChI is InChI=1S/C64H123NO5/c1-3-5-7-9-11-13-15-17-19-25-29-32-36-40-44-48-52-56-62(67)61(60-66)65-63(68)57-53-49-45-41-37-33-30-26-23-21-20-22-24-27-31-35-39-43-47-51-55-59-70-64(69)58-54-50-46-42-38-34-28-18-16-14-12-10-8-6-4-2/h35,39,47,51,61-62,66-67H,3-34,36-38,40-46,48-50,52-60H2,1-2H3,(H,65,68)/b39-35-,51-47-. The number of carbonyl (C=O) groups excluding carboxylic acids is 2. The van der Waals surface area contributed by atoms with Gasteiger partial charge in [0.1, 0.15) is 0 Å². The van der Waals surface area contributed by atoms with Gasteiger partial charge in [-0.25, -0.2) is 0 Å². The van der Waals surface area contributed by atoms with E-state index in [4.69, 9.17) is 4.74 Å². The van der Waals surface area contributed by atoms with E-state index >= 15 is 0 Å². The lowest BCUT2D eigenvalue weighted by Crippen LogP contribution is -2.45. The van der Waals surface area contributed by atoms with Gasteiger partial charge in [0, 0.05) is 12.8 Å². The third-order valence-electron chi connectivity index (χ3n) is 14.8. The van der Waals surface area contributed by atoms with E-state index in [0.717, 1.165) is 51.4 Å². The minimum atomic E-state index is -0.668. The van der Waals surface area contributed by atoms with Gasteiger partial charge in [0.15, 0.2) is 0 Å². The number of carbonyl (C=O) groups is 2. The maximum atomic E-state index is 12.5.